The largest absolute Gasteiger partial charge is 0.342 e. The average Bonchev–Trinajstić information content (AvgIpc) is 3.35. The van der Waals surface area contributed by atoms with Crippen LogP contribution in [0.2, 0.25) is 5.02 Å². The first-order valence-corrected chi connectivity index (χ1v) is 9.67. The molecule has 2 heterocycles. The van der Waals surface area contributed by atoms with Crippen LogP contribution in [0.15, 0.2) is 18.2 Å². The van der Waals surface area contributed by atoms with Gasteiger partial charge in [0.2, 0.25) is 5.91 Å². The smallest absolute Gasteiger partial charge is 0.254 e. The molecule has 2 amide bonds. The average molecular weight is 361 g/mol. The van der Waals surface area contributed by atoms with Gasteiger partial charge in [-0.25, -0.2) is 0 Å². The topological polar surface area (TPSA) is 40.6 Å². The molecule has 0 bridgehead atoms. The van der Waals surface area contributed by atoms with Gasteiger partial charge in [-0.15, -0.1) is 0 Å². The first-order valence-electron chi connectivity index (χ1n) is 9.30. The van der Waals surface area contributed by atoms with Crippen molar-refractivity contribution in [3.05, 3.63) is 34.3 Å². The summed E-state index contributed by atoms with van der Waals surface area (Å²) in [6, 6.07) is 5.50. The maximum absolute atomic E-state index is 12.8. The lowest BCUT2D eigenvalue weighted by Gasteiger charge is -2.39. The molecule has 1 aliphatic carbocycles. The fourth-order valence-corrected chi connectivity index (χ4v) is 4.46. The Morgan fingerprint density at radius 1 is 1.28 bits per heavy atom. The summed E-state index contributed by atoms with van der Waals surface area (Å²) in [6.07, 6.45) is 5.06. The summed E-state index contributed by atoms with van der Waals surface area (Å²) in [6.45, 7) is 5.20. The maximum atomic E-state index is 12.8. The van der Waals surface area contributed by atoms with Crippen LogP contribution in [-0.2, 0) is 4.79 Å². The van der Waals surface area contributed by atoms with Gasteiger partial charge in [-0.3, -0.25) is 9.59 Å². The van der Waals surface area contributed by atoms with E-state index < -0.39 is 0 Å². The SMILES string of the molecule is Cc1c(Cl)cccc1C(=O)N1CCC2(CC1)CC(=O)N(CC1CC1)C2. The molecule has 134 valence electrons. The second-order valence-electron chi connectivity index (χ2n) is 8.10. The van der Waals surface area contributed by atoms with Crippen molar-refractivity contribution in [3.8, 4) is 0 Å². The Labute approximate surface area is 154 Å². The van der Waals surface area contributed by atoms with Crippen molar-refractivity contribution in [1.29, 1.82) is 0 Å². The highest BCUT2D eigenvalue weighted by molar-refractivity contribution is 6.31. The number of amides is 2. The van der Waals surface area contributed by atoms with Crippen LogP contribution in [0.5, 0.6) is 0 Å². The van der Waals surface area contributed by atoms with Crippen LogP contribution in [0.4, 0.5) is 0 Å². The van der Waals surface area contributed by atoms with E-state index in [0.29, 0.717) is 22.9 Å². The van der Waals surface area contributed by atoms with E-state index in [9.17, 15) is 9.59 Å². The van der Waals surface area contributed by atoms with E-state index in [-0.39, 0.29) is 11.3 Å². The van der Waals surface area contributed by atoms with Crippen LogP contribution >= 0.6 is 11.6 Å². The molecule has 3 aliphatic rings. The number of carbonyl (C=O) groups excluding carboxylic acids is 2. The Kier molecular flexibility index (Phi) is 4.27. The Balaban J connectivity index is 1.40. The van der Waals surface area contributed by atoms with Crippen molar-refractivity contribution in [2.75, 3.05) is 26.2 Å². The third kappa shape index (κ3) is 3.29. The lowest BCUT2D eigenvalue weighted by atomic mass is 9.77. The van der Waals surface area contributed by atoms with Gasteiger partial charge in [-0.1, -0.05) is 17.7 Å². The molecule has 0 N–H and O–H groups in total. The quantitative estimate of drug-likeness (QED) is 0.827. The van der Waals surface area contributed by atoms with Crippen molar-refractivity contribution in [2.24, 2.45) is 11.3 Å². The van der Waals surface area contributed by atoms with Crippen LogP contribution in [0.3, 0.4) is 0 Å². The molecule has 0 aromatic heterocycles. The zero-order valence-electron chi connectivity index (χ0n) is 14.8. The minimum Gasteiger partial charge on any atom is -0.342 e. The zero-order chi connectivity index (χ0) is 17.6. The van der Waals surface area contributed by atoms with Crippen molar-refractivity contribution in [2.45, 2.75) is 39.0 Å². The van der Waals surface area contributed by atoms with Gasteiger partial charge in [0.1, 0.15) is 0 Å². The minimum atomic E-state index is 0.0639. The molecule has 1 aromatic rings. The first-order chi connectivity index (χ1) is 12.0. The molecule has 1 saturated carbocycles. The van der Waals surface area contributed by atoms with Gasteiger partial charge in [0.15, 0.2) is 0 Å². The number of halogens is 1. The summed E-state index contributed by atoms with van der Waals surface area (Å²) < 4.78 is 0. The number of hydrogen-bond acceptors (Lipinski definition) is 2. The number of benzene rings is 1. The van der Waals surface area contributed by atoms with Crippen LogP contribution in [0.1, 0.15) is 48.0 Å². The Morgan fingerprint density at radius 3 is 2.68 bits per heavy atom. The fraction of sp³-hybridized carbons (Fsp3) is 0.600. The molecule has 1 spiro atoms. The Morgan fingerprint density at radius 2 is 2.00 bits per heavy atom. The summed E-state index contributed by atoms with van der Waals surface area (Å²) in [7, 11) is 0. The lowest BCUT2D eigenvalue weighted by molar-refractivity contribution is -0.128. The molecule has 0 atom stereocenters. The summed E-state index contributed by atoms with van der Waals surface area (Å²) in [5, 5.41) is 0.636. The van der Waals surface area contributed by atoms with Crippen LogP contribution < -0.4 is 0 Å². The van der Waals surface area contributed by atoms with Crippen LogP contribution in [0.25, 0.3) is 0 Å². The van der Waals surface area contributed by atoms with Gasteiger partial charge < -0.3 is 9.80 Å². The number of hydrogen-bond donors (Lipinski definition) is 0. The number of likely N-dealkylation sites (tertiary alicyclic amines) is 2. The standard InChI is InChI=1S/C20H25ClN2O2/c1-14-16(3-2-4-17(14)21)19(25)22-9-7-20(8-10-22)11-18(24)23(13-20)12-15-5-6-15/h2-4,15H,5-13H2,1H3. The van der Waals surface area contributed by atoms with E-state index in [1.807, 2.05) is 30.0 Å². The second kappa shape index (κ2) is 6.31. The number of carbonyl (C=O) groups is 2. The zero-order valence-corrected chi connectivity index (χ0v) is 15.5. The van der Waals surface area contributed by atoms with Crippen molar-refractivity contribution in [3.63, 3.8) is 0 Å². The van der Waals surface area contributed by atoms with Gasteiger partial charge in [0.05, 0.1) is 0 Å². The van der Waals surface area contributed by atoms with E-state index in [4.69, 9.17) is 11.6 Å². The number of piperidine rings is 1. The van der Waals surface area contributed by atoms with E-state index in [1.54, 1.807) is 0 Å². The molecule has 5 heteroatoms. The summed E-state index contributed by atoms with van der Waals surface area (Å²) in [4.78, 5) is 29.2. The van der Waals surface area contributed by atoms with E-state index in [2.05, 4.69) is 4.90 Å². The highest BCUT2D eigenvalue weighted by Gasteiger charge is 2.46. The third-order valence-corrected chi connectivity index (χ3v) is 6.60. The van der Waals surface area contributed by atoms with Crippen molar-refractivity contribution >= 4 is 23.4 Å². The first kappa shape index (κ1) is 16.9. The molecule has 0 unspecified atom stereocenters. The Bertz CT molecular complexity index is 706. The number of rotatable bonds is 3. The van der Waals surface area contributed by atoms with E-state index in [1.165, 1.54) is 12.8 Å². The van der Waals surface area contributed by atoms with Crippen LogP contribution in [0, 0.1) is 18.3 Å². The molecule has 0 radical (unpaired) electrons. The third-order valence-electron chi connectivity index (χ3n) is 6.19. The van der Waals surface area contributed by atoms with Crippen molar-refractivity contribution < 1.29 is 9.59 Å². The van der Waals surface area contributed by atoms with Crippen LogP contribution in [-0.4, -0.2) is 47.8 Å². The van der Waals surface area contributed by atoms with Gasteiger partial charge in [0, 0.05) is 48.6 Å². The minimum absolute atomic E-state index is 0.0639. The lowest BCUT2D eigenvalue weighted by Crippen LogP contribution is -2.44. The van der Waals surface area contributed by atoms with Gasteiger partial charge in [-0.2, -0.15) is 0 Å². The van der Waals surface area contributed by atoms with Crippen molar-refractivity contribution in [1.82, 2.24) is 9.80 Å². The highest BCUT2D eigenvalue weighted by Crippen LogP contribution is 2.43. The summed E-state index contributed by atoms with van der Waals surface area (Å²) in [5.74, 6) is 1.12. The van der Waals surface area contributed by atoms with E-state index >= 15 is 0 Å². The molecular formula is C20H25ClN2O2. The highest BCUT2D eigenvalue weighted by atomic mass is 35.5. The fourth-order valence-electron chi connectivity index (χ4n) is 4.29. The molecule has 4 nitrogen and oxygen atoms in total. The summed E-state index contributed by atoms with van der Waals surface area (Å²) >= 11 is 6.16. The molecule has 25 heavy (non-hydrogen) atoms. The molecule has 2 aliphatic heterocycles. The molecule has 4 rings (SSSR count). The molecule has 1 aromatic carbocycles. The Hall–Kier alpha value is -1.55. The van der Waals surface area contributed by atoms with Gasteiger partial charge in [-0.05, 0) is 56.2 Å². The molecule has 2 saturated heterocycles. The van der Waals surface area contributed by atoms with E-state index in [0.717, 1.165) is 50.5 Å². The van der Waals surface area contributed by atoms with Gasteiger partial charge in [0.25, 0.3) is 5.91 Å². The maximum Gasteiger partial charge on any atom is 0.254 e. The second-order valence-corrected chi connectivity index (χ2v) is 8.51. The van der Waals surface area contributed by atoms with Gasteiger partial charge >= 0.3 is 0 Å². The predicted octanol–water partition coefficient (Wildman–Crippen LogP) is 3.51. The monoisotopic (exact) mass is 360 g/mol. The summed E-state index contributed by atoms with van der Waals surface area (Å²) in [5.41, 5.74) is 1.63. The molecule has 3 fully saturated rings. The normalized spacial score (nSPS) is 22.7. The molecular weight excluding hydrogens is 336 g/mol. The predicted molar refractivity (Wildman–Crippen MR) is 97.7 cm³/mol. The number of nitrogens with zero attached hydrogens (tertiary/aromatic N) is 2.